The van der Waals surface area contributed by atoms with Crippen LogP contribution in [0.1, 0.15) is 34.8 Å². The van der Waals surface area contributed by atoms with Gasteiger partial charge in [0, 0.05) is 31.5 Å². The van der Waals surface area contributed by atoms with E-state index in [9.17, 15) is 0 Å². The summed E-state index contributed by atoms with van der Waals surface area (Å²) in [6.07, 6.45) is 4.15. The molecule has 0 fully saturated rings. The van der Waals surface area contributed by atoms with E-state index in [4.69, 9.17) is 4.74 Å². The minimum Gasteiger partial charge on any atom is -0.372 e. The van der Waals surface area contributed by atoms with Crippen LogP contribution < -0.4 is 5.32 Å². The minimum atomic E-state index is 0.444. The molecular weight excluding hydrogens is 272 g/mol. The molecule has 1 aliphatic carbocycles. The van der Waals surface area contributed by atoms with E-state index in [1.54, 1.807) is 7.11 Å². The Balaban J connectivity index is 1.58. The molecule has 0 spiro atoms. The number of ether oxygens (including phenoxy) is 1. The molecule has 3 nitrogen and oxygen atoms in total. The van der Waals surface area contributed by atoms with E-state index in [2.05, 4.69) is 46.4 Å². The maximum atomic E-state index is 4.91. The Morgan fingerprint density at radius 1 is 1.27 bits per heavy atom. The third kappa shape index (κ3) is 3.54. The average Bonchev–Trinajstić information content (AvgIpc) is 2.98. The molecule has 1 aromatic heterocycles. The smallest absolute Gasteiger partial charge is 0.107 e. The average molecular weight is 292 g/mol. The molecule has 3 heteroatoms. The summed E-state index contributed by atoms with van der Waals surface area (Å²) in [7, 11) is 1.64. The molecule has 3 rings (SSSR count). The number of benzene rings is 1. The number of hydrogen-bond donors (Lipinski definition) is 1. The van der Waals surface area contributed by atoms with E-state index >= 15 is 0 Å². The fourth-order valence-electron chi connectivity index (χ4n) is 2.81. The first-order chi connectivity index (χ1) is 10.9. The van der Waals surface area contributed by atoms with Crippen molar-refractivity contribution in [2.24, 2.45) is 0 Å². The van der Waals surface area contributed by atoms with E-state index in [-0.39, 0.29) is 0 Å². The van der Waals surface area contributed by atoms with Crippen molar-refractivity contribution >= 4 is 0 Å². The number of methoxy groups -OCH3 is 1. The van der Waals surface area contributed by atoms with Gasteiger partial charge in [-0.25, -0.2) is 0 Å². The Hall–Kier alpha value is -2.15. The predicted molar refractivity (Wildman–Crippen MR) is 87.3 cm³/mol. The van der Waals surface area contributed by atoms with Gasteiger partial charge in [-0.05, 0) is 36.1 Å². The van der Waals surface area contributed by atoms with Crippen LogP contribution in [0.2, 0.25) is 0 Å². The third-order valence-electron chi connectivity index (χ3n) is 3.94. The molecule has 0 radical (unpaired) electrons. The first-order valence-corrected chi connectivity index (χ1v) is 7.61. The van der Waals surface area contributed by atoms with Crippen molar-refractivity contribution in [3.05, 3.63) is 65.0 Å². The molecule has 2 aromatic rings. The lowest BCUT2D eigenvalue weighted by molar-refractivity contribution is 0.240. The van der Waals surface area contributed by atoms with E-state index in [0.29, 0.717) is 12.6 Å². The number of aromatic nitrogens is 1. The van der Waals surface area contributed by atoms with Crippen molar-refractivity contribution in [2.45, 2.75) is 25.4 Å². The lowest BCUT2D eigenvalue weighted by atomic mass is 10.1. The molecule has 1 aliphatic rings. The second-order valence-corrected chi connectivity index (χ2v) is 5.44. The van der Waals surface area contributed by atoms with E-state index in [1.807, 2.05) is 18.3 Å². The van der Waals surface area contributed by atoms with Gasteiger partial charge in [-0.2, -0.15) is 0 Å². The predicted octanol–water partition coefficient (Wildman–Crippen LogP) is 2.86. The summed E-state index contributed by atoms with van der Waals surface area (Å²) in [5.41, 5.74) is 4.87. The number of hydrogen-bond acceptors (Lipinski definition) is 3. The Labute approximate surface area is 131 Å². The molecule has 0 aliphatic heterocycles. The Morgan fingerprint density at radius 2 is 2.18 bits per heavy atom. The van der Waals surface area contributed by atoms with Crippen LogP contribution in [-0.4, -0.2) is 18.7 Å². The molecule has 1 aromatic carbocycles. The van der Waals surface area contributed by atoms with Crippen LogP contribution in [0.25, 0.3) is 0 Å². The van der Waals surface area contributed by atoms with E-state index in [1.165, 1.54) is 17.5 Å². The lowest BCUT2D eigenvalue weighted by Gasteiger charge is -2.13. The first kappa shape index (κ1) is 14.8. The van der Waals surface area contributed by atoms with Crippen molar-refractivity contribution < 1.29 is 4.74 Å². The largest absolute Gasteiger partial charge is 0.372 e. The molecule has 0 amide bonds. The maximum Gasteiger partial charge on any atom is 0.107 e. The van der Waals surface area contributed by atoms with Gasteiger partial charge in [0.25, 0.3) is 0 Å². The number of pyridine rings is 1. The molecule has 1 atom stereocenters. The Kier molecular flexibility index (Phi) is 4.85. The van der Waals surface area contributed by atoms with Crippen LogP contribution in [0.3, 0.4) is 0 Å². The lowest BCUT2D eigenvalue weighted by Crippen LogP contribution is -2.19. The highest BCUT2D eigenvalue weighted by atomic mass is 16.5. The van der Waals surface area contributed by atoms with Gasteiger partial charge in [-0.15, -0.1) is 0 Å². The maximum absolute atomic E-state index is 4.91. The summed E-state index contributed by atoms with van der Waals surface area (Å²) in [4.78, 5) is 4.47. The molecular formula is C19H20N2O. The number of rotatable bonds is 4. The fraction of sp³-hybridized carbons (Fsp3) is 0.316. The molecule has 22 heavy (non-hydrogen) atoms. The zero-order chi connectivity index (χ0) is 15.2. The molecule has 0 saturated heterocycles. The molecule has 1 heterocycles. The monoisotopic (exact) mass is 292 g/mol. The van der Waals surface area contributed by atoms with Crippen LogP contribution in [0, 0.1) is 11.8 Å². The number of nitrogens with zero attached hydrogens (tertiary/aromatic N) is 1. The van der Waals surface area contributed by atoms with Crippen molar-refractivity contribution in [3.8, 4) is 11.8 Å². The molecule has 1 N–H and O–H groups in total. The number of fused-ring (bicyclic) bond motifs is 1. The molecule has 112 valence electrons. The van der Waals surface area contributed by atoms with Crippen molar-refractivity contribution in [1.82, 2.24) is 10.3 Å². The van der Waals surface area contributed by atoms with E-state index in [0.717, 1.165) is 24.2 Å². The van der Waals surface area contributed by atoms with Gasteiger partial charge in [0.15, 0.2) is 0 Å². The van der Waals surface area contributed by atoms with Crippen LogP contribution in [0.5, 0.6) is 0 Å². The van der Waals surface area contributed by atoms with Gasteiger partial charge in [-0.1, -0.05) is 36.1 Å². The standard InChI is InChI=1S/C19H20N2O/c1-22-12-4-5-15-8-10-17(20-13-15)14-21-19-11-9-16-6-2-3-7-18(16)19/h2-3,6-8,10,13,19,21H,9,11-12,14H2,1H3. The fourth-order valence-corrected chi connectivity index (χ4v) is 2.81. The number of nitrogens with one attached hydrogen (secondary N) is 1. The zero-order valence-corrected chi connectivity index (χ0v) is 12.8. The van der Waals surface area contributed by atoms with Crippen molar-refractivity contribution in [2.75, 3.05) is 13.7 Å². The zero-order valence-electron chi connectivity index (χ0n) is 12.8. The summed E-state index contributed by atoms with van der Waals surface area (Å²) >= 11 is 0. The highest BCUT2D eigenvalue weighted by Gasteiger charge is 2.20. The summed E-state index contributed by atoms with van der Waals surface area (Å²) in [6, 6.07) is 13.2. The minimum absolute atomic E-state index is 0.444. The summed E-state index contributed by atoms with van der Waals surface area (Å²) < 4.78 is 4.91. The molecule has 1 unspecified atom stereocenters. The van der Waals surface area contributed by atoms with E-state index < -0.39 is 0 Å². The van der Waals surface area contributed by atoms with Crippen molar-refractivity contribution in [1.29, 1.82) is 0 Å². The van der Waals surface area contributed by atoms with Gasteiger partial charge in [-0.3, -0.25) is 4.98 Å². The Bertz CT molecular complexity index is 683. The van der Waals surface area contributed by atoms with Crippen LogP contribution >= 0.6 is 0 Å². The summed E-state index contributed by atoms with van der Waals surface area (Å²) in [6.45, 7) is 1.23. The van der Waals surface area contributed by atoms with Gasteiger partial charge < -0.3 is 10.1 Å². The third-order valence-corrected chi connectivity index (χ3v) is 3.94. The van der Waals surface area contributed by atoms with Gasteiger partial charge in [0.05, 0.1) is 5.69 Å². The summed E-state index contributed by atoms with van der Waals surface area (Å²) in [5, 5.41) is 3.61. The Morgan fingerprint density at radius 3 is 3.00 bits per heavy atom. The highest BCUT2D eigenvalue weighted by Crippen LogP contribution is 2.30. The second kappa shape index (κ2) is 7.22. The van der Waals surface area contributed by atoms with Gasteiger partial charge in [0.1, 0.15) is 6.61 Å². The molecule has 0 saturated carbocycles. The highest BCUT2D eigenvalue weighted by molar-refractivity contribution is 5.35. The normalized spacial score (nSPS) is 16.0. The van der Waals surface area contributed by atoms with Crippen LogP contribution in [0.4, 0.5) is 0 Å². The second-order valence-electron chi connectivity index (χ2n) is 5.44. The summed E-state index contributed by atoms with van der Waals surface area (Å²) in [5.74, 6) is 5.96. The van der Waals surface area contributed by atoms with Crippen LogP contribution in [0.15, 0.2) is 42.6 Å². The topological polar surface area (TPSA) is 34.1 Å². The van der Waals surface area contributed by atoms with Crippen LogP contribution in [-0.2, 0) is 17.7 Å². The SMILES string of the molecule is COCC#Cc1ccc(CNC2CCc3ccccc32)nc1. The van der Waals surface area contributed by atoms with Gasteiger partial charge >= 0.3 is 0 Å². The number of aryl methyl sites for hydroxylation is 1. The first-order valence-electron chi connectivity index (χ1n) is 7.61. The quantitative estimate of drug-likeness (QED) is 0.880. The van der Waals surface area contributed by atoms with Gasteiger partial charge in [0.2, 0.25) is 0 Å². The molecule has 0 bridgehead atoms. The van der Waals surface area contributed by atoms with Crippen molar-refractivity contribution in [3.63, 3.8) is 0 Å².